The number of nitrogens with zero attached hydrogens (tertiary/aromatic N) is 3. The van der Waals surface area contributed by atoms with Crippen LogP contribution in [0.15, 0.2) is 0 Å². The highest BCUT2D eigenvalue weighted by Gasteiger charge is 2.23. The Kier molecular flexibility index (Phi) is 4.24. The van der Waals surface area contributed by atoms with Crippen molar-refractivity contribution in [1.82, 2.24) is 14.5 Å². The molecule has 0 aliphatic carbocycles. The molecule has 5 nitrogen and oxygen atoms in total. The van der Waals surface area contributed by atoms with Gasteiger partial charge >= 0.3 is 0 Å². The van der Waals surface area contributed by atoms with Crippen LogP contribution in [0.3, 0.4) is 0 Å². The van der Waals surface area contributed by atoms with Gasteiger partial charge in [0, 0.05) is 18.8 Å². The van der Waals surface area contributed by atoms with Crippen LogP contribution in [0.1, 0.15) is 37.5 Å². The number of imidazole rings is 1. The molecule has 1 unspecified atom stereocenters. The summed E-state index contributed by atoms with van der Waals surface area (Å²) in [7, 11) is 0. The zero-order chi connectivity index (χ0) is 14.0. The van der Waals surface area contributed by atoms with Gasteiger partial charge in [0.1, 0.15) is 12.4 Å². The molecule has 1 aromatic heterocycles. The average Bonchev–Trinajstić information content (AvgIpc) is 2.70. The maximum Gasteiger partial charge on any atom is 0.249 e. The van der Waals surface area contributed by atoms with Crippen molar-refractivity contribution in [3.8, 4) is 0 Å². The molecule has 1 atom stereocenters. The summed E-state index contributed by atoms with van der Waals surface area (Å²) < 4.78 is 7.71. The predicted molar refractivity (Wildman–Crippen MR) is 72.8 cm³/mol. The molecular formula is C14H23N3O2. The van der Waals surface area contributed by atoms with Crippen LogP contribution in [0.5, 0.6) is 0 Å². The zero-order valence-electron chi connectivity index (χ0n) is 12.3. The smallest absolute Gasteiger partial charge is 0.249 e. The van der Waals surface area contributed by atoms with E-state index < -0.39 is 0 Å². The van der Waals surface area contributed by atoms with Crippen molar-refractivity contribution in [1.29, 1.82) is 0 Å². The van der Waals surface area contributed by atoms with Gasteiger partial charge < -0.3 is 14.2 Å². The molecule has 0 spiro atoms. The third-order valence-corrected chi connectivity index (χ3v) is 3.88. The molecule has 2 rings (SSSR count). The van der Waals surface area contributed by atoms with Gasteiger partial charge in [-0.2, -0.15) is 0 Å². The van der Waals surface area contributed by atoms with Crippen LogP contribution in [0.4, 0.5) is 0 Å². The first kappa shape index (κ1) is 14.1. The van der Waals surface area contributed by atoms with Gasteiger partial charge in [-0.25, -0.2) is 4.98 Å². The van der Waals surface area contributed by atoms with E-state index in [0.29, 0.717) is 6.54 Å². The highest BCUT2D eigenvalue weighted by Crippen LogP contribution is 2.17. The number of ether oxygens (including phenoxy) is 1. The van der Waals surface area contributed by atoms with E-state index in [-0.39, 0.29) is 18.6 Å². The molecule has 0 fully saturated rings. The minimum Gasteiger partial charge on any atom is -0.369 e. The van der Waals surface area contributed by atoms with Gasteiger partial charge in [0.2, 0.25) is 5.91 Å². The molecule has 0 saturated carbocycles. The van der Waals surface area contributed by atoms with Gasteiger partial charge in [0.25, 0.3) is 0 Å². The molecule has 1 aliphatic heterocycles. The first-order chi connectivity index (χ1) is 9.02. The number of carbonyl (C=O) groups excluding carboxylic acids is 1. The second-order valence-electron chi connectivity index (χ2n) is 5.20. The summed E-state index contributed by atoms with van der Waals surface area (Å²) >= 11 is 0. The van der Waals surface area contributed by atoms with Crippen molar-refractivity contribution in [3.05, 3.63) is 17.2 Å². The van der Waals surface area contributed by atoms with E-state index in [1.807, 2.05) is 18.7 Å². The first-order valence-electron chi connectivity index (χ1n) is 6.95. The Morgan fingerprint density at radius 3 is 2.84 bits per heavy atom. The predicted octanol–water partition coefficient (Wildman–Crippen LogP) is 1.66. The van der Waals surface area contributed by atoms with Crippen molar-refractivity contribution in [2.75, 3.05) is 13.2 Å². The van der Waals surface area contributed by atoms with Crippen molar-refractivity contribution in [2.45, 2.75) is 53.3 Å². The molecule has 106 valence electrons. The molecule has 19 heavy (non-hydrogen) atoms. The van der Waals surface area contributed by atoms with E-state index in [2.05, 4.69) is 23.4 Å². The van der Waals surface area contributed by atoms with Crippen LogP contribution in [0.25, 0.3) is 0 Å². The van der Waals surface area contributed by atoms with Gasteiger partial charge in [0.05, 0.1) is 18.3 Å². The van der Waals surface area contributed by atoms with Crippen LogP contribution < -0.4 is 0 Å². The molecule has 1 aliphatic rings. The minimum atomic E-state index is 0.0601. The second kappa shape index (κ2) is 5.74. The number of carbonyl (C=O) groups is 1. The Morgan fingerprint density at radius 1 is 1.42 bits per heavy atom. The molecule has 1 amide bonds. The monoisotopic (exact) mass is 265 g/mol. The largest absolute Gasteiger partial charge is 0.369 e. The third-order valence-electron chi connectivity index (χ3n) is 3.88. The lowest BCUT2D eigenvalue weighted by molar-refractivity contribution is -0.139. The van der Waals surface area contributed by atoms with Crippen molar-refractivity contribution in [2.24, 2.45) is 0 Å². The summed E-state index contributed by atoms with van der Waals surface area (Å²) in [4.78, 5) is 18.4. The summed E-state index contributed by atoms with van der Waals surface area (Å²) in [5.74, 6) is 1.04. The lowest BCUT2D eigenvalue weighted by Crippen LogP contribution is -2.40. The van der Waals surface area contributed by atoms with E-state index in [4.69, 9.17) is 4.74 Å². The van der Waals surface area contributed by atoms with Crippen molar-refractivity contribution in [3.63, 3.8) is 0 Å². The zero-order valence-corrected chi connectivity index (χ0v) is 12.3. The Balaban J connectivity index is 1.96. The van der Waals surface area contributed by atoms with Gasteiger partial charge in [-0.15, -0.1) is 0 Å². The summed E-state index contributed by atoms with van der Waals surface area (Å²) in [5, 5.41) is 0. The van der Waals surface area contributed by atoms with Gasteiger partial charge in [0.15, 0.2) is 0 Å². The van der Waals surface area contributed by atoms with Crippen molar-refractivity contribution >= 4 is 5.91 Å². The molecule has 2 heterocycles. The maximum absolute atomic E-state index is 12.1. The third kappa shape index (κ3) is 2.97. The molecule has 0 N–H and O–H groups in total. The van der Waals surface area contributed by atoms with E-state index in [1.54, 1.807) is 0 Å². The SMILES string of the molecule is CCC(C)OCC(=O)N1CCn2c(nc(C)c2C)C1. The summed E-state index contributed by atoms with van der Waals surface area (Å²) in [5.41, 5.74) is 2.26. The Labute approximate surface area is 114 Å². The summed E-state index contributed by atoms with van der Waals surface area (Å²) in [6.45, 7) is 10.5. The van der Waals surface area contributed by atoms with Gasteiger partial charge in [-0.3, -0.25) is 4.79 Å². The summed E-state index contributed by atoms with van der Waals surface area (Å²) in [6.07, 6.45) is 1.07. The lowest BCUT2D eigenvalue weighted by atomic mass is 10.3. The van der Waals surface area contributed by atoms with Crippen LogP contribution in [0, 0.1) is 13.8 Å². The maximum atomic E-state index is 12.1. The highest BCUT2D eigenvalue weighted by atomic mass is 16.5. The van der Waals surface area contributed by atoms with Crippen LogP contribution >= 0.6 is 0 Å². The van der Waals surface area contributed by atoms with Crippen LogP contribution in [0.2, 0.25) is 0 Å². The Hall–Kier alpha value is -1.36. The molecular weight excluding hydrogens is 242 g/mol. The van der Waals surface area contributed by atoms with Gasteiger partial charge in [-0.1, -0.05) is 6.92 Å². The Morgan fingerprint density at radius 2 is 2.16 bits per heavy atom. The van der Waals surface area contributed by atoms with Crippen LogP contribution in [-0.4, -0.2) is 39.6 Å². The fraction of sp³-hybridized carbons (Fsp3) is 0.714. The quantitative estimate of drug-likeness (QED) is 0.832. The van der Waals surface area contributed by atoms with E-state index in [0.717, 1.165) is 31.0 Å². The number of fused-ring (bicyclic) bond motifs is 1. The number of hydrogen-bond acceptors (Lipinski definition) is 3. The Bertz CT molecular complexity index is 468. The standard InChI is InChI=1S/C14H23N3O2/c1-5-10(2)19-9-14(18)16-6-7-17-12(4)11(3)15-13(17)8-16/h10H,5-9H2,1-4H3. The average molecular weight is 265 g/mol. The fourth-order valence-electron chi connectivity index (χ4n) is 2.25. The normalized spacial score (nSPS) is 16.3. The number of rotatable bonds is 4. The number of aryl methyl sites for hydroxylation is 1. The molecule has 0 radical (unpaired) electrons. The van der Waals surface area contributed by atoms with Crippen LogP contribution in [-0.2, 0) is 22.6 Å². The van der Waals surface area contributed by atoms with E-state index >= 15 is 0 Å². The molecule has 5 heteroatoms. The lowest BCUT2D eigenvalue weighted by Gasteiger charge is -2.28. The number of aromatic nitrogens is 2. The number of amides is 1. The van der Waals surface area contributed by atoms with Crippen molar-refractivity contribution < 1.29 is 9.53 Å². The first-order valence-corrected chi connectivity index (χ1v) is 6.95. The molecule has 0 saturated heterocycles. The second-order valence-corrected chi connectivity index (χ2v) is 5.20. The molecule has 1 aromatic rings. The minimum absolute atomic E-state index is 0.0601. The van der Waals surface area contributed by atoms with E-state index in [1.165, 1.54) is 5.69 Å². The van der Waals surface area contributed by atoms with E-state index in [9.17, 15) is 4.79 Å². The topological polar surface area (TPSA) is 47.4 Å². The van der Waals surface area contributed by atoms with Gasteiger partial charge in [-0.05, 0) is 27.2 Å². The summed E-state index contributed by atoms with van der Waals surface area (Å²) in [6, 6.07) is 0. The highest BCUT2D eigenvalue weighted by molar-refractivity contribution is 5.77. The molecule has 0 aromatic carbocycles. The number of hydrogen-bond donors (Lipinski definition) is 0. The molecule has 0 bridgehead atoms. The fourth-order valence-corrected chi connectivity index (χ4v) is 2.25.